The zero-order valence-electron chi connectivity index (χ0n) is 8.66. The monoisotopic (exact) mass is 191 g/mol. The van der Waals surface area contributed by atoms with Gasteiger partial charge in [-0.05, 0) is 51.3 Å². The van der Waals surface area contributed by atoms with E-state index in [2.05, 4.69) is 21.4 Å². The van der Waals surface area contributed by atoms with Crippen molar-refractivity contribution in [2.75, 3.05) is 13.1 Å². The predicted molar refractivity (Wildman–Crippen MR) is 56.1 cm³/mol. The van der Waals surface area contributed by atoms with Crippen LogP contribution in [0, 0.1) is 12.8 Å². The molecular weight excluding hydrogens is 174 g/mol. The minimum absolute atomic E-state index is 0.762. The van der Waals surface area contributed by atoms with Gasteiger partial charge in [0, 0.05) is 11.4 Å². The summed E-state index contributed by atoms with van der Waals surface area (Å²) >= 11 is 0. The van der Waals surface area contributed by atoms with Gasteiger partial charge in [0.2, 0.25) is 0 Å². The van der Waals surface area contributed by atoms with Crippen LogP contribution in [-0.4, -0.2) is 23.1 Å². The number of piperidine rings is 1. The van der Waals surface area contributed by atoms with Gasteiger partial charge < -0.3 is 5.32 Å². The Labute approximate surface area is 85.0 Å². The molecule has 2 rings (SSSR count). The zero-order valence-corrected chi connectivity index (χ0v) is 8.66. The third-order valence-electron chi connectivity index (χ3n) is 2.76. The standard InChI is InChI=1S/C11H17N3/c1-9-5-11(14-8-13-9)6-10-3-2-4-12-7-10/h5,8,10,12H,2-4,6-7H2,1H3. The van der Waals surface area contributed by atoms with E-state index in [4.69, 9.17) is 0 Å². The molecule has 0 aliphatic carbocycles. The molecule has 0 aromatic carbocycles. The van der Waals surface area contributed by atoms with Crippen LogP contribution in [0.15, 0.2) is 12.4 Å². The summed E-state index contributed by atoms with van der Waals surface area (Å²) in [5.41, 5.74) is 2.25. The summed E-state index contributed by atoms with van der Waals surface area (Å²) in [5, 5.41) is 3.43. The van der Waals surface area contributed by atoms with Gasteiger partial charge in [-0.15, -0.1) is 0 Å². The van der Waals surface area contributed by atoms with Crippen LogP contribution in [0.4, 0.5) is 0 Å². The molecule has 0 amide bonds. The summed E-state index contributed by atoms with van der Waals surface area (Å²) in [5.74, 6) is 0.762. The molecule has 1 aromatic rings. The van der Waals surface area contributed by atoms with Gasteiger partial charge in [0.15, 0.2) is 0 Å². The van der Waals surface area contributed by atoms with Crippen molar-refractivity contribution in [1.82, 2.24) is 15.3 Å². The smallest absolute Gasteiger partial charge is 0.115 e. The zero-order chi connectivity index (χ0) is 9.80. The Morgan fingerprint density at radius 1 is 1.50 bits per heavy atom. The van der Waals surface area contributed by atoms with Crippen molar-refractivity contribution in [2.45, 2.75) is 26.2 Å². The summed E-state index contributed by atoms with van der Waals surface area (Å²) < 4.78 is 0. The molecule has 0 saturated carbocycles. The average Bonchev–Trinajstić information content (AvgIpc) is 2.19. The van der Waals surface area contributed by atoms with E-state index in [0.717, 1.165) is 24.6 Å². The van der Waals surface area contributed by atoms with Crippen LogP contribution >= 0.6 is 0 Å². The van der Waals surface area contributed by atoms with Gasteiger partial charge in [0.05, 0.1) is 0 Å². The highest BCUT2D eigenvalue weighted by atomic mass is 14.9. The van der Waals surface area contributed by atoms with E-state index in [1.54, 1.807) is 6.33 Å². The first-order valence-corrected chi connectivity index (χ1v) is 5.33. The first kappa shape index (κ1) is 9.59. The first-order chi connectivity index (χ1) is 6.84. The molecule has 14 heavy (non-hydrogen) atoms. The molecule has 1 N–H and O–H groups in total. The first-order valence-electron chi connectivity index (χ1n) is 5.33. The van der Waals surface area contributed by atoms with Crippen molar-refractivity contribution in [2.24, 2.45) is 5.92 Å². The van der Waals surface area contributed by atoms with Crippen LogP contribution in [0.1, 0.15) is 24.2 Å². The molecule has 0 spiro atoms. The van der Waals surface area contributed by atoms with E-state index in [9.17, 15) is 0 Å². The largest absolute Gasteiger partial charge is 0.316 e. The van der Waals surface area contributed by atoms with E-state index in [1.807, 2.05) is 6.92 Å². The van der Waals surface area contributed by atoms with Crippen LogP contribution in [0.2, 0.25) is 0 Å². The van der Waals surface area contributed by atoms with Crippen LogP contribution in [-0.2, 0) is 6.42 Å². The third kappa shape index (κ3) is 2.51. The van der Waals surface area contributed by atoms with Crippen molar-refractivity contribution in [3.63, 3.8) is 0 Å². The summed E-state index contributed by atoms with van der Waals surface area (Å²) in [6.45, 7) is 4.34. The van der Waals surface area contributed by atoms with Crippen molar-refractivity contribution >= 4 is 0 Å². The second kappa shape index (κ2) is 4.51. The molecule has 1 saturated heterocycles. The maximum absolute atomic E-state index is 4.29. The number of hydrogen-bond acceptors (Lipinski definition) is 3. The lowest BCUT2D eigenvalue weighted by Crippen LogP contribution is -2.31. The maximum Gasteiger partial charge on any atom is 0.115 e. The quantitative estimate of drug-likeness (QED) is 0.766. The SMILES string of the molecule is Cc1cc(CC2CCCNC2)ncn1. The molecule has 2 heterocycles. The van der Waals surface area contributed by atoms with Crippen molar-refractivity contribution in [3.05, 3.63) is 23.8 Å². The summed E-state index contributed by atoms with van der Waals surface area (Å²) in [7, 11) is 0. The molecular formula is C11H17N3. The topological polar surface area (TPSA) is 37.8 Å². The Morgan fingerprint density at radius 3 is 3.14 bits per heavy atom. The van der Waals surface area contributed by atoms with Crippen LogP contribution in [0.3, 0.4) is 0 Å². The van der Waals surface area contributed by atoms with Gasteiger partial charge in [-0.1, -0.05) is 0 Å². The van der Waals surface area contributed by atoms with Gasteiger partial charge >= 0.3 is 0 Å². The number of nitrogens with zero attached hydrogens (tertiary/aromatic N) is 2. The number of nitrogens with one attached hydrogen (secondary N) is 1. The van der Waals surface area contributed by atoms with E-state index >= 15 is 0 Å². The Hall–Kier alpha value is -0.960. The lowest BCUT2D eigenvalue weighted by atomic mass is 9.94. The van der Waals surface area contributed by atoms with E-state index in [0.29, 0.717) is 0 Å². The second-order valence-electron chi connectivity index (χ2n) is 4.07. The molecule has 1 atom stereocenters. The minimum atomic E-state index is 0.762. The van der Waals surface area contributed by atoms with Crippen molar-refractivity contribution in [1.29, 1.82) is 0 Å². The van der Waals surface area contributed by atoms with E-state index in [1.165, 1.54) is 25.1 Å². The maximum atomic E-state index is 4.29. The highest BCUT2D eigenvalue weighted by Crippen LogP contribution is 2.14. The third-order valence-corrected chi connectivity index (χ3v) is 2.76. The van der Waals surface area contributed by atoms with E-state index < -0.39 is 0 Å². The molecule has 1 unspecified atom stereocenters. The fourth-order valence-electron chi connectivity index (χ4n) is 2.02. The minimum Gasteiger partial charge on any atom is -0.316 e. The number of aromatic nitrogens is 2. The van der Waals surface area contributed by atoms with Gasteiger partial charge in [0.1, 0.15) is 6.33 Å². The van der Waals surface area contributed by atoms with Gasteiger partial charge in [-0.2, -0.15) is 0 Å². The summed E-state index contributed by atoms with van der Waals surface area (Å²) in [6, 6.07) is 2.09. The van der Waals surface area contributed by atoms with Crippen LogP contribution < -0.4 is 5.32 Å². The Kier molecular flexibility index (Phi) is 3.09. The Morgan fingerprint density at radius 2 is 2.43 bits per heavy atom. The molecule has 1 aliphatic heterocycles. The van der Waals surface area contributed by atoms with Gasteiger partial charge in [-0.3, -0.25) is 0 Å². The molecule has 1 aromatic heterocycles. The van der Waals surface area contributed by atoms with Crippen molar-refractivity contribution in [3.8, 4) is 0 Å². The highest BCUT2D eigenvalue weighted by Gasteiger charge is 2.13. The summed E-state index contributed by atoms with van der Waals surface area (Å²) in [4.78, 5) is 8.40. The van der Waals surface area contributed by atoms with Crippen LogP contribution in [0.25, 0.3) is 0 Å². The fourth-order valence-corrected chi connectivity index (χ4v) is 2.02. The Balaban J connectivity index is 1.95. The molecule has 3 nitrogen and oxygen atoms in total. The molecule has 0 bridgehead atoms. The van der Waals surface area contributed by atoms with Crippen LogP contribution in [0.5, 0.6) is 0 Å². The Bertz CT molecular complexity index is 292. The molecule has 0 radical (unpaired) electrons. The number of aryl methyl sites for hydroxylation is 1. The molecule has 1 fully saturated rings. The van der Waals surface area contributed by atoms with Gasteiger partial charge in [-0.25, -0.2) is 9.97 Å². The lowest BCUT2D eigenvalue weighted by Gasteiger charge is -2.22. The molecule has 3 heteroatoms. The molecule has 1 aliphatic rings. The second-order valence-corrected chi connectivity index (χ2v) is 4.07. The number of rotatable bonds is 2. The summed E-state index contributed by atoms with van der Waals surface area (Å²) in [6.07, 6.45) is 5.39. The average molecular weight is 191 g/mol. The molecule has 76 valence electrons. The van der Waals surface area contributed by atoms with E-state index in [-0.39, 0.29) is 0 Å². The van der Waals surface area contributed by atoms with Gasteiger partial charge in [0.25, 0.3) is 0 Å². The fraction of sp³-hybridized carbons (Fsp3) is 0.636. The normalized spacial score (nSPS) is 22.2. The lowest BCUT2D eigenvalue weighted by molar-refractivity contribution is 0.373. The van der Waals surface area contributed by atoms with Crippen molar-refractivity contribution < 1.29 is 0 Å². The predicted octanol–water partition coefficient (Wildman–Crippen LogP) is 1.33. The number of hydrogen-bond donors (Lipinski definition) is 1. The highest BCUT2D eigenvalue weighted by molar-refractivity contribution is 5.07.